The number of nitrogens with zero attached hydrogens (tertiary/aromatic N) is 3. The smallest absolute Gasteiger partial charge is 0.302 e. The van der Waals surface area contributed by atoms with Gasteiger partial charge in [-0.05, 0) is 24.6 Å². The molecule has 0 atom stereocenters. The minimum atomic E-state index is -4.21. The van der Waals surface area contributed by atoms with Gasteiger partial charge in [0.1, 0.15) is 0 Å². The normalized spacial score (nSPS) is 12.2. The van der Waals surface area contributed by atoms with E-state index in [1.165, 1.54) is 0 Å². The van der Waals surface area contributed by atoms with Crippen LogP contribution in [0.15, 0.2) is 18.3 Å². The lowest BCUT2D eigenvalue weighted by Crippen LogP contribution is -2.28. The standard InChI is InChI=1S/C10H11F3N4/c1-7-2-3-17-8(4-7)15-16-9(17)5-14-6-10(11,12)13/h2-4,14H,5-6H2,1H3. The second-order valence-corrected chi connectivity index (χ2v) is 3.77. The molecule has 0 fully saturated rings. The van der Waals surface area contributed by atoms with Crippen LogP contribution in [-0.4, -0.2) is 27.3 Å². The van der Waals surface area contributed by atoms with Crippen LogP contribution in [0.25, 0.3) is 5.65 Å². The number of hydrogen-bond donors (Lipinski definition) is 1. The molecular formula is C10H11F3N4. The zero-order valence-electron chi connectivity index (χ0n) is 9.12. The van der Waals surface area contributed by atoms with E-state index in [-0.39, 0.29) is 6.54 Å². The predicted molar refractivity (Wildman–Crippen MR) is 55.5 cm³/mol. The van der Waals surface area contributed by atoms with E-state index in [1.807, 2.05) is 19.1 Å². The number of nitrogens with one attached hydrogen (secondary N) is 1. The monoisotopic (exact) mass is 244 g/mol. The molecule has 2 aromatic heterocycles. The Morgan fingerprint density at radius 3 is 2.82 bits per heavy atom. The fourth-order valence-corrected chi connectivity index (χ4v) is 1.48. The van der Waals surface area contributed by atoms with Crippen molar-refractivity contribution in [3.63, 3.8) is 0 Å². The van der Waals surface area contributed by atoms with Gasteiger partial charge >= 0.3 is 6.18 Å². The molecule has 0 aliphatic rings. The maximum Gasteiger partial charge on any atom is 0.401 e. The van der Waals surface area contributed by atoms with Crippen LogP contribution < -0.4 is 5.32 Å². The van der Waals surface area contributed by atoms with E-state index in [2.05, 4.69) is 15.5 Å². The summed E-state index contributed by atoms with van der Waals surface area (Å²) >= 11 is 0. The Labute approximate surface area is 95.5 Å². The molecule has 17 heavy (non-hydrogen) atoms. The van der Waals surface area contributed by atoms with Crippen LogP contribution in [-0.2, 0) is 6.54 Å². The number of aryl methyl sites for hydroxylation is 1. The van der Waals surface area contributed by atoms with E-state index in [0.717, 1.165) is 5.56 Å². The largest absolute Gasteiger partial charge is 0.401 e. The molecule has 0 aromatic carbocycles. The van der Waals surface area contributed by atoms with Crippen molar-refractivity contribution in [2.24, 2.45) is 0 Å². The average molecular weight is 244 g/mol. The van der Waals surface area contributed by atoms with E-state index in [1.54, 1.807) is 10.6 Å². The van der Waals surface area contributed by atoms with Gasteiger partial charge in [0, 0.05) is 6.20 Å². The van der Waals surface area contributed by atoms with Gasteiger partial charge < -0.3 is 5.32 Å². The number of hydrogen-bond acceptors (Lipinski definition) is 3. The van der Waals surface area contributed by atoms with Crippen LogP contribution in [0, 0.1) is 6.92 Å². The predicted octanol–water partition coefficient (Wildman–Crippen LogP) is 1.69. The minimum absolute atomic E-state index is 0.0315. The first-order valence-electron chi connectivity index (χ1n) is 5.03. The van der Waals surface area contributed by atoms with Crippen molar-refractivity contribution in [3.05, 3.63) is 29.7 Å². The topological polar surface area (TPSA) is 42.2 Å². The van der Waals surface area contributed by atoms with Gasteiger partial charge in [0.25, 0.3) is 0 Å². The Morgan fingerprint density at radius 1 is 1.35 bits per heavy atom. The second-order valence-electron chi connectivity index (χ2n) is 3.77. The summed E-state index contributed by atoms with van der Waals surface area (Å²) in [4.78, 5) is 0. The summed E-state index contributed by atoms with van der Waals surface area (Å²) < 4.78 is 37.5. The van der Waals surface area contributed by atoms with Gasteiger partial charge in [-0.3, -0.25) is 4.40 Å². The van der Waals surface area contributed by atoms with Gasteiger partial charge in [0.05, 0.1) is 13.1 Å². The molecule has 2 aromatic rings. The lowest BCUT2D eigenvalue weighted by Gasteiger charge is -2.06. The number of halogens is 3. The number of fused-ring (bicyclic) bond motifs is 1. The second kappa shape index (κ2) is 4.33. The maximum absolute atomic E-state index is 11.9. The highest BCUT2D eigenvalue weighted by atomic mass is 19.4. The van der Waals surface area contributed by atoms with E-state index in [0.29, 0.717) is 11.5 Å². The van der Waals surface area contributed by atoms with Crippen molar-refractivity contribution in [2.75, 3.05) is 6.54 Å². The van der Waals surface area contributed by atoms with E-state index in [9.17, 15) is 13.2 Å². The first kappa shape index (κ1) is 11.8. The van der Waals surface area contributed by atoms with Gasteiger partial charge in [0.2, 0.25) is 0 Å². The highest BCUT2D eigenvalue weighted by Gasteiger charge is 2.26. The molecule has 0 saturated carbocycles. The van der Waals surface area contributed by atoms with Gasteiger partial charge in [-0.2, -0.15) is 13.2 Å². The summed E-state index contributed by atoms with van der Waals surface area (Å²) in [6.45, 7) is 0.910. The summed E-state index contributed by atoms with van der Waals surface area (Å²) in [6.07, 6.45) is -2.47. The average Bonchev–Trinajstić information content (AvgIpc) is 2.59. The Kier molecular flexibility index (Phi) is 3.01. The highest BCUT2D eigenvalue weighted by Crippen LogP contribution is 2.12. The Balaban J connectivity index is 2.09. The minimum Gasteiger partial charge on any atom is -0.302 e. The quantitative estimate of drug-likeness (QED) is 0.893. The van der Waals surface area contributed by atoms with E-state index in [4.69, 9.17) is 0 Å². The summed E-state index contributed by atoms with van der Waals surface area (Å²) in [5.41, 5.74) is 1.66. The zero-order valence-corrected chi connectivity index (χ0v) is 9.12. The number of rotatable bonds is 3. The Hall–Kier alpha value is -1.63. The van der Waals surface area contributed by atoms with Gasteiger partial charge in [0.15, 0.2) is 11.5 Å². The third-order valence-electron chi connectivity index (χ3n) is 2.24. The zero-order chi connectivity index (χ0) is 12.5. The van der Waals surface area contributed by atoms with Crippen LogP contribution in [0.3, 0.4) is 0 Å². The van der Waals surface area contributed by atoms with Crippen molar-refractivity contribution in [3.8, 4) is 0 Å². The molecule has 4 nitrogen and oxygen atoms in total. The summed E-state index contributed by atoms with van der Waals surface area (Å²) in [7, 11) is 0. The molecule has 0 amide bonds. The molecular weight excluding hydrogens is 233 g/mol. The third kappa shape index (κ3) is 2.94. The third-order valence-corrected chi connectivity index (χ3v) is 2.24. The summed E-state index contributed by atoms with van der Waals surface area (Å²) in [5, 5.41) is 10.0. The number of alkyl halides is 3. The Morgan fingerprint density at radius 2 is 2.12 bits per heavy atom. The van der Waals surface area contributed by atoms with Crippen molar-refractivity contribution in [1.29, 1.82) is 0 Å². The molecule has 92 valence electrons. The molecule has 0 aliphatic carbocycles. The van der Waals surface area contributed by atoms with E-state index < -0.39 is 12.7 Å². The molecule has 0 radical (unpaired) electrons. The van der Waals surface area contributed by atoms with Crippen LogP contribution >= 0.6 is 0 Å². The van der Waals surface area contributed by atoms with Crippen LogP contribution in [0.1, 0.15) is 11.4 Å². The summed E-state index contributed by atoms with van der Waals surface area (Å²) in [6, 6.07) is 3.67. The first-order valence-corrected chi connectivity index (χ1v) is 5.03. The lowest BCUT2D eigenvalue weighted by atomic mass is 10.3. The van der Waals surface area contributed by atoms with Crippen molar-refractivity contribution < 1.29 is 13.2 Å². The molecule has 0 saturated heterocycles. The first-order chi connectivity index (χ1) is 7.96. The fourth-order valence-electron chi connectivity index (χ4n) is 1.48. The SMILES string of the molecule is Cc1ccn2c(CNCC(F)(F)F)nnc2c1. The van der Waals surface area contributed by atoms with E-state index >= 15 is 0 Å². The molecule has 2 rings (SSSR count). The van der Waals surface area contributed by atoms with Gasteiger partial charge in [-0.15, -0.1) is 10.2 Å². The molecule has 7 heteroatoms. The highest BCUT2D eigenvalue weighted by molar-refractivity contribution is 5.40. The van der Waals surface area contributed by atoms with Crippen molar-refractivity contribution in [2.45, 2.75) is 19.6 Å². The molecule has 0 unspecified atom stereocenters. The number of aromatic nitrogens is 3. The molecule has 0 bridgehead atoms. The Bertz CT molecular complexity index is 518. The number of pyridine rings is 1. The van der Waals surface area contributed by atoms with Crippen LogP contribution in [0.2, 0.25) is 0 Å². The van der Waals surface area contributed by atoms with Gasteiger partial charge in [-0.25, -0.2) is 0 Å². The lowest BCUT2D eigenvalue weighted by molar-refractivity contribution is -0.125. The fraction of sp³-hybridized carbons (Fsp3) is 0.400. The van der Waals surface area contributed by atoms with Crippen molar-refractivity contribution in [1.82, 2.24) is 19.9 Å². The molecule has 2 heterocycles. The molecule has 1 N–H and O–H groups in total. The maximum atomic E-state index is 11.9. The summed E-state index contributed by atoms with van der Waals surface area (Å²) in [5.74, 6) is 0.462. The van der Waals surface area contributed by atoms with Gasteiger partial charge in [-0.1, -0.05) is 0 Å². The van der Waals surface area contributed by atoms with Crippen LogP contribution in [0.5, 0.6) is 0 Å². The molecule has 0 aliphatic heterocycles. The molecule has 0 spiro atoms. The van der Waals surface area contributed by atoms with Crippen molar-refractivity contribution >= 4 is 5.65 Å². The van der Waals surface area contributed by atoms with Crippen LogP contribution in [0.4, 0.5) is 13.2 Å².